The minimum absolute atomic E-state index is 0.0532. The van der Waals surface area contributed by atoms with Crippen LogP contribution in [0.25, 0.3) is 0 Å². The number of carbonyl (C=O) groups excluding carboxylic acids is 2. The minimum Gasteiger partial charge on any atom is -0.343 e. The molecule has 2 aliphatic rings. The summed E-state index contributed by atoms with van der Waals surface area (Å²) in [7, 11) is -3.27. The highest BCUT2D eigenvalue weighted by Gasteiger charge is 2.29. The molecule has 7 heteroatoms. The summed E-state index contributed by atoms with van der Waals surface area (Å²) in [6.45, 7) is 2.25. The summed E-state index contributed by atoms with van der Waals surface area (Å²) in [4.78, 5) is 28.7. The van der Waals surface area contributed by atoms with Gasteiger partial charge in [0.1, 0.15) is 0 Å². The molecule has 0 aromatic heterocycles. The van der Waals surface area contributed by atoms with Crippen molar-refractivity contribution in [1.29, 1.82) is 0 Å². The van der Waals surface area contributed by atoms with Crippen LogP contribution in [0.4, 0.5) is 0 Å². The first-order valence-corrected chi connectivity index (χ1v) is 11.1. The lowest BCUT2D eigenvalue weighted by Crippen LogP contribution is -2.45. The molecular formula is C19H26N2O4S. The summed E-state index contributed by atoms with van der Waals surface area (Å²) < 4.78 is 23.2. The van der Waals surface area contributed by atoms with E-state index in [1.54, 1.807) is 12.1 Å². The topological polar surface area (TPSA) is 74.8 Å². The van der Waals surface area contributed by atoms with Gasteiger partial charge in [-0.05, 0) is 56.4 Å². The molecule has 0 N–H and O–H groups in total. The Morgan fingerprint density at radius 3 is 2.46 bits per heavy atom. The maximum absolute atomic E-state index is 12.9. The van der Waals surface area contributed by atoms with E-state index in [1.165, 1.54) is 12.1 Å². The molecule has 1 aromatic carbocycles. The fraction of sp³-hybridized carbons (Fsp3) is 0.579. The molecule has 0 radical (unpaired) electrons. The maximum atomic E-state index is 12.9. The van der Waals surface area contributed by atoms with Crippen molar-refractivity contribution >= 4 is 21.7 Å². The normalized spacial score (nSPS) is 21.3. The van der Waals surface area contributed by atoms with Gasteiger partial charge in [-0.3, -0.25) is 9.59 Å². The van der Waals surface area contributed by atoms with Crippen molar-refractivity contribution < 1.29 is 18.0 Å². The van der Waals surface area contributed by atoms with Gasteiger partial charge < -0.3 is 9.80 Å². The minimum atomic E-state index is -3.27. The second kappa shape index (κ2) is 7.78. The second-order valence-corrected chi connectivity index (χ2v) is 9.23. The first-order valence-electron chi connectivity index (χ1n) is 9.25. The summed E-state index contributed by atoms with van der Waals surface area (Å²) in [6, 6.07) is 6.30. The molecule has 1 unspecified atom stereocenters. The monoisotopic (exact) mass is 378 g/mol. The van der Waals surface area contributed by atoms with Gasteiger partial charge in [-0.1, -0.05) is 0 Å². The van der Waals surface area contributed by atoms with Crippen LogP contribution in [0.15, 0.2) is 29.2 Å². The second-order valence-electron chi connectivity index (χ2n) is 7.22. The molecule has 142 valence electrons. The average molecular weight is 378 g/mol. The quantitative estimate of drug-likeness (QED) is 0.786. The van der Waals surface area contributed by atoms with Crippen LogP contribution in [0, 0.1) is 0 Å². The molecule has 6 nitrogen and oxygen atoms in total. The standard InChI is InChI=1S/C19H26N2O4S/c1-26(24,25)17-9-7-15(8-10-17)19(23)21-13-3-2-5-16(21)11-14-20-12-4-6-18(20)22/h7-10,16H,2-6,11-14H2,1H3. The summed E-state index contributed by atoms with van der Waals surface area (Å²) >= 11 is 0. The Morgan fingerprint density at radius 1 is 1.12 bits per heavy atom. The van der Waals surface area contributed by atoms with Crippen LogP contribution in [0.3, 0.4) is 0 Å². The molecule has 1 atom stereocenters. The molecule has 0 spiro atoms. The van der Waals surface area contributed by atoms with E-state index in [0.717, 1.165) is 44.9 Å². The number of hydrogen-bond acceptors (Lipinski definition) is 4. The molecule has 1 aromatic rings. The molecule has 2 saturated heterocycles. The van der Waals surface area contributed by atoms with Gasteiger partial charge in [0.25, 0.3) is 5.91 Å². The van der Waals surface area contributed by atoms with Gasteiger partial charge >= 0.3 is 0 Å². The van der Waals surface area contributed by atoms with Crippen molar-refractivity contribution in [3.63, 3.8) is 0 Å². The van der Waals surface area contributed by atoms with Crippen LogP contribution in [0.1, 0.15) is 48.9 Å². The van der Waals surface area contributed by atoms with Gasteiger partial charge in [-0.2, -0.15) is 0 Å². The van der Waals surface area contributed by atoms with Gasteiger partial charge in [0.15, 0.2) is 9.84 Å². The maximum Gasteiger partial charge on any atom is 0.254 e. The van der Waals surface area contributed by atoms with E-state index in [0.29, 0.717) is 25.1 Å². The van der Waals surface area contributed by atoms with Crippen LogP contribution in [-0.2, 0) is 14.6 Å². The molecule has 0 aliphatic carbocycles. The molecule has 2 amide bonds. The average Bonchev–Trinajstić information content (AvgIpc) is 3.04. The van der Waals surface area contributed by atoms with Gasteiger partial charge in [0.2, 0.25) is 5.91 Å². The molecule has 0 bridgehead atoms. The van der Waals surface area contributed by atoms with E-state index in [2.05, 4.69) is 0 Å². The summed E-state index contributed by atoms with van der Waals surface area (Å²) in [5.41, 5.74) is 0.515. The fourth-order valence-corrected chi connectivity index (χ4v) is 4.45. The smallest absolute Gasteiger partial charge is 0.254 e. The Labute approximate surface area is 155 Å². The van der Waals surface area contributed by atoms with Crippen molar-refractivity contribution in [2.24, 2.45) is 0 Å². The number of sulfone groups is 1. The number of carbonyl (C=O) groups is 2. The molecule has 2 fully saturated rings. The number of benzene rings is 1. The number of amides is 2. The summed E-state index contributed by atoms with van der Waals surface area (Å²) in [5.74, 6) is 0.164. The molecule has 2 aliphatic heterocycles. The Bertz CT molecular complexity index is 773. The zero-order chi connectivity index (χ0) is 18.7. The third kappa shape index (κ3) is 4.26. The van der Waals surface area contributed by atoms with Crippen molar-refractivity contribution in [2.45, 2.75) is 49.5 Å². The van der Waals surface area contributed by atoms with E-state index in [-0.39, 0.29) is 22.8 Å². The molecule has 26 heavy (non-hydrogen) atoms. The van der Waals surface area contributed by atoms with Gasteiger partial charge in [-0.15, -0.1) is 0 Å². The van der Waals surface area contributed by atoms with Gasteiger partial charge in [-0.25, -0.2) is 8.42 Å². The van der Waals surface area contributed by atoms with Gasteiger partial charge in [0, 0.05) is 43.9 Å². The van der Waals surface area contributed by atoms with Crippen LogP contribution in [-0.4, -0.2) is 62.0 Å². The van der Waals surface area contributed by atoms with E-state index in [9.17, 15) is 18.0 Å². The Balaban J connectivity index is 1.68. The lowest BCUT2D eigenvalue weighted by atomic mass is 9.98. The number of piperidine rings is 1. The molecule has 0 saturated carbocycles. The predicted octanol–water partition coefficient (Wildman–Crippen LogP) is 2.10. The number of hydrogen-bond donors (Lipinski definition) is 0. The van der Waals surface area contributed by atoms with Crippen LogP contribution in [0.2, 0.25) is 0 Å². The number of nitrogens with zero attached hydrogens (tertiary/aromatic N) is 2. The lowest BCUT2D eigenvalue weighted by Gasteiger charge is -2.36. The highest BCUT2D eigenvalue weighted by Crippen LogP contribution is 2.24. The van der Waals surface area contributed by atoms with Crippen molar-refractivity contribution in [3.8, 4) is 0 Å². The highest BCUT2D eigenvalue weighted by molar-refractivity contribution is 7.90. The van der Waals surface area contributed by atoms with Crippen LogP contribution >= 0.6 is 0 Å². The summed E-state index contributed by atoms with van der Waals surface area (Å²) in [5, 5.41) is 0. The number of rotatable bonds is 5. The predicted molar refractivity (Wildman–Crippen MR) is 98.7 cm³/mol. The van der Waals surface area contributed by atoms with Crippen LogP contribution in [0.5, 0.6) is 0 Å². The van der Waals surface area contributed by atoms with Crippen molar-refractivity contribution in [2.75, 3.05) is 25.9 Å². The molecule has 3 rings (SSSR count). The molecule has 2 heterocycles. The molecular weight excluding hydrogens is 352 g/mol. The van der Waals surface area contributed by atoms with E-state index >= 15 is 0 Å². The van der Waals surface area contributed by atoms with Crippen LogP contribution < -0.4 is 0 Å². The Hall–Kier alpha value is -1.89. The van der Waals surface area contributed by atoms with E-state index in [1.807, 2.05) is 9.80 Å². The van der Waals surface area contributed by atoms with E-state index < -0.39 is 9.84 Å². The third-order valence-corrected chi connectivity index (χ3v) is 6.45. The zero-order valence-corrected chi connectivity index (χ0v) is 16.0. The highest BCUT2D eigenvalue weighted by atomic mass is 32.2. The Morgan fingerprint density at radius 2 is 1.85 bits per heavy atom. The largest absolute Gasteiger partial charge is 0.343 e. The fourth-order valence-electron chi connectivity index (χ4n) is 3.82. The summed E-state index contributed by atoms with van der Waals surface area (Å²) in [6.07, 6.45) is 6.55. The first-order chi connectivity index (χ1) is 12.4. The number of likely N-dealkylation sites (tertiary alicyclic amines) is 2. The lowest BCUT2D eigenvalue weighted by molar-refractivity contribution is -0.127. The SMILES string of the molecule is CS(=O)(=O)c1ccc(C(=O)N2CCCCC2CCN2CCCC2=O)cc1. The first kappa shape index (κ1) is 18.9. The van der Waals surface area contributed by atoms with E-state index in [4.69, 9.17) is 0 Å². The van der Waals surface area contributed by atoms with Crippen molar-refractivity contribution in [1.82, 2.24) is 9.80 Å². The third-order valence-electron chi connectivity index (χ3n) is 5.32. The van der Waals surface area contributed by atoms with Crippen molar-refractivity contribution in [3.05, 3.63) is 29.8 Å². The Kier molecular flexibility index (Phi) is 5.65. The van der Waals surface area contributed by atoms with Gasteiger partial charge in [0.05, 0.1) is 4.90 Å². The zero-order valence-electron chi connectivity index (χ0n) is 15.2.